The second kappa shape index (κ2) is 9.87. The summed E-state index contributed by atoms with van der Waals surface area (Å²) in [5.74, 6) is -3.79. The number of aromatic nitrogens is 2. The minimum atomic E-state index is -4.88. The van der Waals surface area contributed by atoms with Crippen LogP contribution in [-0.4, -0.2) is 22.3 Å². The maximum atomic E-state index is 11.8. The van der Waals surface area contributed by atoms with Gasteiger partial charge in [0.25, 0.3) is 0 Å². The Morgan fingerprint density at radius 3 is 1.17 bits per heavy atom. The van der Waals surface area contributed by atoms with E-state index in [9.17, 15) is 36.6 Å². The minimum absolute atomic E-state index is 0. The molecule has 6 nitrogen and oxygen atoms in total. The van der Waals surface area contributed by atoms with E-state index in [1.165, 1.54) is 0 Å². The predicted octanol–water partition coefficient (Wildman–Crippen LogP) is 3.11. The SMILES string of the molecule is Cc1nc(/C=C(\[O-])C(F)(F)F)oc1C.Cc1nc(/C=C(\[O-])C(F)(F)F)oc1C.[Co+2]. The molecule has 0 saturated carbocycles. The molecule has 0 N–H and O–H groups in total. The second-order valence-electron chi connectivity index (χ2n) is 5.40. The summed E-state index contributed by atoms with van der Waals surface area (Å²) < 4.78 is 80.3. The topological polar surface area (TPSA) is 98.2 Å². The molecule has 0 aliphatic heterocycles. The summed E-state index contributed by atoms with van der Waals surface area (Å²) in [5.41, 5.74) is 0.928. The van der Waals surface area contributed by atoms with Gasteiger partial charge in [0.05, 0.1) is 11.4 Å². The van der Waals surface area contributed by atoms with Gasteiger partial charge in [-0.1, -0.05) is 0 Å². The summed E-state index contributed by atoms with van der Waals surface area (Å²) in [6, 6.07) is 0. The molecule has 2 aromatic rings. The van der Waals surface area contributed by atoms with E-state index in [0.29, 0.717) is 35.1 Å². The molecule has 29 heavy (non-hydrogen) atoms. The Balaban J connectivity index is 0.000000523. The number of nitrogens with zero attached hydrogens (tertiary/aromatic N) is 2. The van der Waals surface area contributed by atoms with Crippen molar-refractivity contribution in [2.24, 2.45) is 0 Å². The molecule has 0 spiro atoms. The summed E-state index contributed by atoms with van der Waals surface area (Å²) in [5, 5.41) is 20.9. The molecule has 2 aromatic heterocycles. The number of allylic oxidation sites excluding steroid dienone is 2. The van der Waals surface area contributed by atoms with Crippen molar-refractivity contribution in [3.05, 3.63) is 46.2 Å². The molecule has 0 aromatic carbocycles. The van der Waals surface area contributed by atoms with Gasteiger partial charge < -0.3 is 19.0 Å². The quantitative estimate of drug-likeness (QED) is 0.493. The van der Waals surface area contributed by atoms with Crippen LogP contribution in [0.25, 0.3) is 12.2 Å². The number of aryl methyl sites for hydroxylation is 4. The molecule has 1 radical (unpaired) electrons. The van der Waals surface area contributed by atoms with Gasteiger partial charge in [0.15, 0.2) is 0 Å². The van der Waals surface area contributed by atoms with Crippen LogP contribution < -0.4 is 10.2 Å². The number of halogens is 6. The van der Waals surface area contributed by atoms with Crippen molar-refractivity contribution in [3.8, 4) is 0 Å². The van der Waals surface area contributed by atoms with Gasteiger partial charge in [0, 0.05) is 0 Å². The Labute approximate surface area is 171 Å². The van der Waals surface area contributed by atoms with Crippen LogP contribution >= 0.6 is 0 Å². The average Bonchev–Trinajstić information content (AvgIpc) is 2.99. The van der Waals surface area contributed by atoms with Crippen molar-refractivity contribution in [1.82, 2.24) is 9.97 Å². The third-order valence-electron chi connectivity index (χ3n) is 3.16. The van der Waals surface area contributed by atoms with E-state index in [-0.39, 0.29) is 28.6 Å². The fourth-order valence-electron chi connectivity index (χ4n) is 1.51. The van der Waals surface area contributed by atoms with E-state index in [4.69, 9.17) is 8.83 Å². The summed E-state index contributed by atoms with van der Waals surface area (Å²) in [6.45, 7) is 6.26. The molecule has 0 bridgehead atoms. The molecule has 0 aliphatic carbocycles. The van der Waals surface area contributed by atoms with Gasteiger partial charge in [-0.3, -0.25) is 0 Å². The first kappa shape index (κ1) is 26.6. The summed E-state index contributed by atoms with van der Waals surface area (Å²) in [7, 11) is 0. The molecule has 163 valence electrons. The maximum absolute atomic E-state index is 11.8. The Bertz CT molecular complexity index is 770. The molecule has 0 atom stereocenters. The second-order valence-corrected chi connectivity index (χ2v) is 5.40. The molecular weight excluding hydrogens is 457 g/mol. The molecule has 0 aliphatic rings. The van der Waals surface area contributed by atoms with Crippen LogP contribution in [0.4, 0.5) is 26.3 Å². The monoisotopic (exact) mass is 471 g/mol. The zero-order valence-electron chi connectivity index (χ0n) is 15.3. The number of hydrogen-bond acceptors (Lipinski definition) is 6. The minimum Gasteiger partial charge on any atom is -0.869 e. The van der Waals surface area contributed by atoms with E-state index >= 15 is 0 Å². The van der Waals surface area contributed by atoms with Gasteiger partial charge >= 0.3 is 29.1 Å². The Kier molecular flexibility index (Phi) is 9.05. The van der Waals surface area contributed by atoms with Crippen LogP contribution in [0.15, 0.2) is 20.4 Å². The van der Waals surface area contributed by atoms with Crippen LogP contribution in [0.3, 0.4) is 0 Å². The predicted molar refractivity (Wildman–Crippen MR) is 80.0 cm³/mol. The molecule has 0 saturated heterocycles. The summed E-state index contributed by atoms with van der Waals surface area (Å²) >= 11 is 0. The zero-order chi connectivity index (χ0) is 21.9. The third kappa shape index (κ3) is 8.23. The molecule has 0 amide bonds. The molecule has 13 heteroatoms. The van der Waals surface area contributed by atoms with Crippen molar-refractivity contribution in [3.63, 3.8) is 0 Å². The van der Waals surface area contributed by atoms with Crippen LogP contribution in [0, 0.1) is 27.7 Å². The number of oxazole rings is 2. The fraction of sp³-hybridized carbons (Fsp3) is 0.375. The van der Waals surface area contributed by atoms with Crippen molar-refractivity contribution < 1.29 is 62.2 Å². The number of rotatable bonds is 2. The number of alkyl halides is 6. The Hall–Kier alpha value is -2.41. The first-order valence-electron chi connectivity index (χ1n) is 7.41. The first-order chi connectivity index (χ1) is 12.6. The smallest absolute Gasteiger partial charge is 0.869 e. The largest absolute Gasteiger partial charge is 2.00 e. The van der Waals surface area contributed by atoms with Crippen molar-refractivity contribution in [1.29, 1.82) is 0 Å². The standard InChI is InChI=1S/2C8H8F3NO2.Co/c2*1-4-5(2)14-7(12-4)3-6(13)8(9,10)11;/h2*3,13H,1-2H3;/q;;+2/p-2/b2*6-3-;. The van der Waals surface area contributed by atoms with Crippen molar-refractivity contribution in [2.75, 3.05) is 0 Å². The Morgan fingerprint density at radius 2 is 1.00 bits per heavy atom. The van der Waals surface area contributed by atoms with Crippen LogP contribution in [0.1, 0.15) is 34.7 Å². The van der Waals surface area contributed by atoms with Crippen molar-refractivity contribution >= 4 is 12.2 Å². The van der Waals surface area contributed by atoms with Crippen LogP contribution in [0.5, 0.6) is 0 Å². The zero-order valence-corrected chi connectivity index (χ0v) is 16.3. The molecule has 0 unspecified atom stereocenters. The summed E-state index contributed by atoms with van der Waals surface area (Å²) in [4.78, 5) is 7.24. The van der Waals surface area contributed by atoms with E-state index in [1.54, 1.807) is 27.7 Å². The first-order valence-corrected chi connectivity index (χ1v) is 7.41. The van der Waals surface area contributed by atoms with E-state index in [0.717, 1.165) is 0 Å². The van der Waals surface area contributed by atoms with E-state index in [2.05, 4.69) is 9.97 Å². The maximum Gasteiger partial charge on any atom is 2.00 e. The van der Waals surface area contributed by atoms with Gasteiger partial charge in [0.1, 0.15) is 11.5 Å². The average molecular weight is 471 g/mol. The Morgan fingerprint density at radius 1 is 0.724 bits per heavy atom. The number of hydrogen-bond donors (Lipinski definition) is 0. The van der Waals surface area contributed by atoms with Crippen LogP contribution in [-0.2, 0) is 16.8 Å². The van der Waals surface area contributed by atoms with Crippen LogP contribution in [0.2, 0.25) is 0 Å². The molecule has 2 heterocycles. The van der Waals surface area contributed by atoms with E-state index in [1.807, 2.05) is 0 Å². The molecular formula is C16H14CoF6N2O4. The van der Waals surface area contributed by atoms with E-state index < -0.39 is 23.9 Å². The molecule has 0 fully saturated rings. The van der Waals surface area contributed by atoms with Crippen molar-refractivity contribution in [2.45, 2.75) is 40.0 Å². The molecule has 2 rings (SSSR count). The fourth-order valence-corrected chi connectivity index (χ4v) is 1.51. The van der Waals surface area contributed by atoms with Gasteiger partial charge in [-0.15, -0.1) is 0 Å². The normalized spacial score (nSPS) is 12.9. The van der Waals surface area contributed by atoms with Gasteiger partial charge in [-0.05, 0) is 51.4 Å². The van der Waals surface area contributed by atoms with Gasteiger partial charge in [0.2, 0.25) is 11.8 Å². The van der Waals surface area contributed by atoms with Gasteiger partial charge in [-0.25, -0.2) is 9.97 Å². The summed E-state index contributed by atoms with van der Waals surface area (Å²) in [6.07, 6.45) is -9.09. The van der Waals surface area contributed by atoms with Gasteiger partial charge in [-0.2, -0.15) is 26.3 Å². The third-order valence-corrected chi connectivity index (χ3v) is 3.16.